The molecule has 3 rings (SSSR count). The van der Waals surface area contributed by atoms with Gasteiger partial charge in [0, 0.05) is 17.7 Å². The average molecular weight is 341 g/mol. The molecule has 0 saturated heterocycles. The normalized spacial score (nSPS) is 10.7. The molecule has 1 aromatic heterocycles. The van der Waals surface area contributed by atoms with Gasteiger partial charge in [0.15, 0.2) is 16.9 Å². The molecule has 3 aromatic rings. The fourth-order valence-corrected chi connectivity index (χ4v) is 2.65. The Balaban J connectivity index is 2.28. The maximum atomic E-state index is 12.4. The van der Waals surface area contributed by atoms with Crippen molar-refractivity contribution in [2.45, 2.75) is 6.92 Å². The van der Waals surface area contributed by atoms with Crippen molar-refractivity contribution in [1.29, 1.82) is 0 Å². The maximum Gasteiger partial charge on any atom is 0.312 e. The van der Waals surface area contributed by atoms with Crippen LogP contribution in [0.2, 0.25) is 0 Å². The summed E-state index contributed by atoms with van der Waals surface area (Å²) in [7, 11) is 3.01. The van der Waals surface area contributed by atoms with Crippen LogP contribution in [0.15, 0.2) is 45.6 Å². The van der Waals surface area contributed by atoms with Gasteiger partial charge < -0.3 is 13.9 Å². The van der Waals surface area contributed by atoms with E-state index in [2.05, 4.69) is 0 Å². The van der Waals surface area contributed by atoms with Gasteiger partial charge in [0.2, 0.25) is 5.58 Å². The fourth-order valence-electron chi connectivity index (χ4n) is 2.65. The molecule has 0 saturated carbocycles. The zero-order valence-electron chi connectivity index (χ0n) is 13.9. The summed E-state index contributed by atoms with van der Waals surface area (Å²) in [6, 6.07) is 9.26. The fraction of sp³-hybridized carbons (Fsp3) is 0.167. The minimum atomic E-state index is -0.559. The van der Waals surface area contributed by atoms with E-state index in [0.29, 0.717) is 22.6 Å². The highest BCUT2D eigenvalue weighted by Gasteiger charge is 2.19. The van der Waals surface area contributed by atoms with Gasteiger partial charge in [-0.25, -0.2) is 0 Å². The summed E-state index contributed by atoms with van der Waals surface area (Å²) in [6.45, 7) is 1.69. The number of hydrogen-bond donors (Lipinski definition) is 0. The number of nitro benzene ring substituents is 1. The van der Waals surface area contributed by atoms with E-state index >= 15 is 0 Å². The zero-order valence-corrected chi connectivity index (χ0v) is 13.9. The number of benzene rings is 2. The van der Waals surface area contributed by atoms with Crippen molar-refractivity contribution >= 4 is 16.7 Å². The summed E-state index contributed by atoms with van der Waals surface area (Å²) in [5.41, 5.74) is 0.525. The second kappa shape index (κ2) is 6.27. The van der Waals surface area contributed by atoms with Gasteiger partial charge in [-0.2, -0.15) is 0 Å². The molecule has 7 nitrogen and oxygen atoms in total. The molecule has 0 bridgehead atoms. The van der Waals surface area contributed by atoms with E-state index in [4.69, 9.17) is 13.9 Å². The molecule has 128 valence electrons. The molecule has 0 aliphatic rings. The third-order valence-electron chi connectivity index (χ3n) is 3.82. The molecule has 0 radical (unpaired) electrons. The van der Waals surface area contributed by atoms with Gasteiger partial charge >= 0.3 is 5.69 Å². The van der Waals surface area contributed by atoms with Crippen molar-refractivity contribution in [2.24, 2.45) is 0 Å². The second-order valence-electron chi connectivity index (χ2n) is 5.46. The topological polar surface area (TPSA) is 91.8 Å². The SMILES string of the molecule is COc1ccc(-c2cc(=O)c3cc(C)cc([N+](=O)[O-])c3o2)cc1OC. The van der Waals surface area contributed by atoms with E-state index in [0.717, 1.165) is 0 Å². The number of rotatable bonds is 4. The van der Waals surface area contributed by atoms with Gasteiger partial charge in [0.1, 0.15) is 5.76 Å². The summed E-state index contributed by atoms with van der Waals surface area (Å²) in [4.78, 5) is 23.2. The van der Waals surface area contributed by atoms with Gasteiger partial charge in [-0.15, -0.1) is 0 Å². The lowest BCUT2D eigenvalue weighted by Gasteiger charge is -2.09. The summed E-state index contributed by atoms with van der Waals surface area (Å²) >= 11 is 0. The Kier molecular flexibility index (Phi) is 4.14. The molecule has 0 aliphatic carbocycles. The van der Waals surface area contributed by atoms with Gasteiger partial charge in [0.05, 0.1) is 24.5 Å². The van der Waals surface area contributed by atoms with Crippen LogP contribution < -0.4 is 14.9 Å². The van der Waals surface area contributed by atoms with E-state index in [9.17, 15) is 14.9 Å². The molecule has 0 spiro atoms. The van der Waals surface area contributed by atoms with Crippen molar-refractivity contribution in [3.8, 4) is 22.8 Å². The number of fused-ring (bicyclic) bond motifs is 1. The van der Waals surface area contributed by atoms with Crippen LogP contribution in [-0.4, -0.2) is 19.1 Å². The van der Waals surface area contributed by atoms with Crippen LogP contribution in [0.3, 0.4) is 0 Å². The lowest BCUT2D eigenvalue weighted by atomic mass is 10.1. The summed E-state index contributed by atoms with van der Waals surface area (Å²) in [5, 5.41) is 11.5. The van der Waals surface area contributed by atoms with Gasteiger partial charge in [-0.3, -0.25) is 14.9 Å². The van der Waals surface area contributed by atoms with Crippen molar-refractivity contribution in [2.75, 3.05) is 14.2 Å². The smallest absolute Gasteiger partial charge is 0.312 e. The lowest BCUT2D eigenvalue weighted by molar-refractivity contribution is -0.383. The quantitative estimate of drug-likeness (QED) is 0.531. The molecule has 0 aliphatic heterocycles. The van der Waals surface area contributed by atoms with E-state index in [1.165, 1.54) is 26.4 Å². The minimum absolute atomic E-state index is 0.0483. The van der Waals surface area contributed by atoms with E-state index in [1.54, 1.807) is 31.2 Å². The van der Waals surface area contributed by atoms with E-state index < -0.39 is 4.92 Å². The lowest BCUT2D eigenvalue weighted by Crippen LogP contribution is -2.03. The number of non-ortho nitro benzene ring substituents is 1. The van der Waals surface area contributed by atoms with Gasteiger partial charge in [-0.05, 0) is 36.8 Å². The monoisotopic (exact) mass is 341 g/mol. The number of methoxy groups -OCH3 is 2. The highest BCUT2D eigenvalue weighted by atomic mass is 16.6. The Morgan fingerprint density at radius 3 is 2.40 bits per heavy atom. The van der Waals surface area contributed by atoms with Crippen molar-refractivity contribution in [3.05, 3.63) is 62.3 Å². The Bertz CT molecular complexity index is 1040. The Labute approximate surface area is 142 Å². The summed E-state index contributed by atoms with van der Waals surface area (Å²) < 4.78 is 16.1. The number of nitro groups is 1. The first-order valence-corrected chi connectivity index (χ1v) is 7.40. The van der Waals surface area contributed by atoms with Crippen LogP contribution in [0.4, 0.5) is 5.69 Å². The van der Waals surface area contributed by atoms with Crippen molar-refractivity contribution < 1.29 is 18.8 Å². The maximum absolute atomic E-state index is 12.4. The first-order chi connectivity index (χ1) is 11.9. The predicted octanol–water partition coefficient (Wildman–Crippen LogP) is 3.69. The number of hydrogen-bond acceptors (Lipinski definition) is 6. The molecule has 0 unspecified atom stereocenters. The molecule has 2 aromatic carbocycles. The van der Waals surface area contributed by atoms with Crippen molar-refractivity contribution in [1.82, 2.24) is 0 Å². The number of nitrogens with zero attached hydrogens (tertiary/aromatic N) is 1. The summed E-state index contributed by atoms with van der Waals surface area (Å²) in [5.74, 6) is 1.20. The molecule has 0 amide bonds. The van der Waals surface area contributed by atoms with Gasteiger partial charge in [0.25, 0.3) is 0 Å². The molecular formula is C18H15NO6. The van der Waals surface area contributed by atoms with Crippen LogP contribution in [0.25, 0.3) is 22.3 Å². The van der Waals surface area contributed by atoms with Crippen LogP contribution >= 0.6 is 0 Å². The Hall–Kier alpha value is -3.35. The average Bonchev–Trinajstić information content (AvgIpc) is 2.60. The first kappa shape index (κ1) is 16.5. The van der Waals surface area contributed by atoms with Crippen LogP contribution in [-0.2, 0) is 0 Å². The second-order valence-corrected chi connectivity index (χ2v) is 5.46. The third kappa shape index (κ3) is 2.91. The largest absolute Gasteiger partial charge is 0.493 e. The molecule has 7 heteroatoms. The Morgan fingerprint density at radius 2 is 1.76 bits per heavy atom. The zero-order chi connectivity index (χ0) is 18.1. The molecule has 0 fully saturated rings. The predicted molar refractivity (Wildman–Crippen MR) is 92.4 cm³/mol. The standard InChI is InChI=1S/C18H15NO6/c1-10-6-12-14(20)9-16(25-18(12)13(7-10)19(21)22)11-4-5-15(23-2)17(8-11)24-3/h4-9H,1-3H3. The van der Waals surface area contributed by atoms with Crippen LogP contribution in [0.5, 0.6) is 11.5 Å². The highest BCUT2D eigenvalue weighted by Crippen LogP contribution is 2.34. The number of ether oxygens (including phenoxy) is 2. The highest BCUT2D eigenvalue weighted by molar-refractivity contribution is 5.87. The number of aryl methyl sites for hydroxylation is 1. The molecule has 25 heavy (non-hydrogen) atoms. The van der Waals surface area contributed by atoms with E-state index in [-0.39, 0.29) is 27.8 Å². The first-order valence-electron chi connectivity index (χ1n) is 7.40. The molecule has 0 atom stereocenters. The summed E-state index contributed by atoms with van der Waals surface area (Å²) in [6.07, 6.45) is 0. The molecule has 0 N–H and O–H groups in total. The molecular weight excluding hydrogens is 326 g/mol. The third-order valence-corrected chi connectivity index (χ3v) is 3.82. The Morgan fingerprint density at radius 1 is 1.04 bits per heavy atom. The molecule has 1 heterocycles. The van der Waals surface area contributed by atoms with Crippen molar-refractivity contribution in [3.63, 3.8) is 0 Å². The minimum Gasteiger partial charge on any atom is -0.493 e. The van der Waals surface area contributed by atoms with Gasteiger partial charge in [-0.1, -0.05) is 0 Å². The van der Waals surface area contributed by atoms with Crippen LogP contribution in [0.1, 0.15) is 5.56 Å². The van der Waals surface area contributed by atoms with E-state index in [1.807, 2.05) is 0 Å². The van der Waals surface area contributed by atoms with Crippen LogP contribution in [0, 0.1) is 17.0 Å².